The number of nitrogens with zero attached hydrogens (tertiary/aromatic N) is 2. The molecule has 0 radical (unpaired) electrons. The lowest BCUT2D eigenvalue weighted by Gasteiger charge is -2.38. The summed E-state index contributed by atoms with van der Waals surface area (Å²) in [4.78, 5) is 7.21. The molecular weight excluding hydrogens is 278 g/mol. The summed E-state index contributed by atoms with van der Waals surface area (Å²) in [5.41, 5.74) is 1.71. The average Bonchev–Trinajstić information content (AvgIpc) is 2.86. The first kappa shape index (κ1) is 16.8. The number of nitrogens with one attached hydrogen (secondary N) is 1. The van der Waals surface area contributed by atoms with Gasteiger partial charge in [-0.1, -0.05) is 27.7 Å². The van der Waals surface area contributed by atoms with E-state index >= 15 is 0 Å². The Morgan fingerprint density at radius 2 is 2.05 bits per heavy atom. The maximum absolute atomic E-state index is 4.80. The summed E-state index contributed by atoms with van der Waals surface area (Å²) in [5, 5.41) is 6.85. The maximum atomic E-state index is 4.80. The Bertz CT molecular complexity index is 429. The predicted molar refractivity (Wildman–Crippen MR) is 93.1 cm³/mol. The zero-order chi connectivity index (χ0) is 15.5. The zero-order valence-corrected chi connectivity index (χ0v) is 15.1. The lowest BCUT2D eigenvalue weighted by atomic mass is 9.75. The van der Waals surface area contributed by atoms with E-state index in [0.717, 1.165) is 13.1 Å². The van der Waals surface area contributed by atoms with Crippen LogP contribution in [0.1, 0.15) is 59.1 Å². The van der Waals surface area contributed by atoms with Gasteiger partial charge < -0.3 is 10.2 Å². The van der Waals surface area contributed by atoms with E-state index in [1.165, 1.54) is 36.5 Å². The van der Waals surface area contributed by atoms with Crippen molar-refractivity contribution in [3.63, 3.8) is 0 Å². The van der Waals surface area contributed by atoms with Crippen LogP contribution in [0, 0.1) is 11.3 Å². The van der Waals surface area contributed by atoms with Gasteiger partial charge in [0.05, 0.1) is 5.69 Å². The van der Waals surface area contributed by atoms with Crippen LogP contribution in [-0.4, -0.2) is 24.6 Å². The molecule has 1 aromatic heterocycles. The topological polar surface area (TPSA) is 28.2 Å². The van der Waals surface area contributed by atoms with Crippen molar-refractivity contribution in [2.75, 3.05) is 18.5 Å². The Morgan fingerprint density at radius 3 is 2.67 bits per heavy atom. The molecule has 0 saturated heterocycles. The fraction of sp³-hybridized carbons (Fsp3) is 0.824. The van der Waals surface area contributed by atoms with E-state index < -0.39 is 0 Å². The highest BCUT2D eigenvalue weighted by atomic mass is 32.1. The molecule has 0 aromatic carbocycles. The summed E-state index contributed by atoms with van der Waals surface area (Å²) < 4.78 is 0. The van der Waals surface area contributed by atoms with Gasteiger partial charge in [0.15, 0.2) is 5.13 Å². The van der Waals surface area contributed by atoms with Crippen LogP contribution in [0.4, 0.5) is 5.13 Å². The molecule has 120 valence electrons. The van der Waals surface area contributed by atoms with Gasteiger partial charge >= 0.3 is 0 Å². The van der Waals surface area contributed by atoms with E-state index in [0.29, 0.717) is 17.4 Å². The molecule has 0 atom stereocenters. The lowest BCUT2D eigenvalue weighted by molar-refractivity contribution is 0.222. The second-order valence-electron chi connectivity index (χ2n) is 7.65. The molecule has 1 heterocycles. The second-order valence-corrected chi connectivity index (χ2v) is 8.49. The van der Waals surface area contributed by atoms with Gasteiger partial charge in [0.2, 0.25) is 0 Å². The summed E-state index contributed by atoms with van der Waals surface area (Å²) >= 11 is 1.78. The van der Waals surface area contributed by atoms with Crippen LogP contribution in [0.3, 0.4) is 0 Å². The van der Waals surface area contributed by atoms with E-state index in [4.69, 9.17) is 4.98 Å². The fourth-order valence-electron chi connectivity index (χ4n) is 2.96. The van der Waals surface area contributed by atoms with Gasteiger partial charge in [-0.3, -0.25) is 0 Å². The summed E-state index contributed by atoms with van der Waals surface area (Å²) in [6, 6.07) is 0.667. The number of anilines is 1. The van der Waals surface area contributed by atoms with Crippen LogP contribution in [0.25, 0.3) is 0 Å². The quantitative estimate of drug-likeness (QED) is 0.849. The van der Waals surface area contributed by atoms with E-state index in [1.807, 2.05) is 0 Å². The molecule has 1 aromatic rings. The van der Waals surface area contributed by atoms with Gasteiger partial charge in [-0.05, 0) is 43.6 Å². The third-order valence-electron chi connectivity index (χ3n) is 4.56. The van der Waals surface area contributed by atoms with Crippen LogP contribution < -0.4 is 10.2 Å². The molecule has 3 nitrogen and oxygen atoms in total. The van der Waals surface area contributed by atoms with Crippen molar-refractivity contribution in [1.82, 2.24) is 10.3 Å². The second kappa shape index (κ2) is 7.10. The number of thiazole rings is 1. The fourth-order valence-corrected chi connectivity index (χ4v) is 3.82. The van der Waals surface area contributed by atoms with Crippen molar-refractivity contribution in [3.05, 3.63) is 11.1 Å². The van der Waals surface area contributed by atoms with Crippen LogP contribution in [-0.2, 0) is 6.54 Å². The molecule has 4 heteroatoms. The van der Waals surface area contributed by atoms with Gasteiger partial charge in [-0.25, -0.2) is 4.98 Å². The van der Waals surface area contributed by atoms with Crippen molar-refractivity contribution < 1.29 is 0 Å². The SMILES string of the molecule is CC(C)CNCc1csc(N(C)C2CCC(C)(C)CC2)n1. The van der Waals surface area contributed by atoms with Crippen molar-refractivity contribution in [1.29, 1.82) is 0 Å². The maximum Gasteiger partial charge on any atom is 0.185 e. The normalized spacial score (nSPS) is 19.1. The van der Waals surface area contributed by atoms with Crippen LogP contribution in [0.5, 0.6) is 0 Å². The zero-order valence-electron chi connectivity index (χ0n) is 14.3. The molecule has 0 spiro atoms. The molecule has 1 aliphatic rings. The first-order chi connectivity index (χ1) is 9.87. The van der Waals surface area contributed by atoms with Crippen LogP contribution in [0.15, 0.2) is 5.38 Å². The third kappa shape index (κ3) is 4.96. The highest BCUT2D eigenvalue weighted by Crippen LogP contribution is 2.38. The Morgan fingerprint density at radius 1 is 1.38 bits per heavy atom. The van der Waals surface area contributed by atoms with Crippen molar-refractivity contribution in [2.45, 2.75) is 66.0 Å². The molecule has 1 saturated carbocycles. The molecule has 0 unspecified atom stereocenters. The van der Waals surface area contributed by atoms with Crippen LogP contribution in [0.2, 0.25) is 0 Å². The minimum atomic E-state index is 0.534. The summed E-state index contributed by atoms with van der Waals surface area (Å²) in [5.74, 6) is 0.691. The highest BCUT2D eigenvalue weighted by molar-refractivity contribution is 7.13. The standard InChI is InChI=1S/C17H31N3S/c1-13(2)10-18-11-14-12-21-16(19-14)20(5)15-6-8-17(3,4)9-7-15/h12-13,15,18H,6-11H2,1-5H3. The van der Waals surface area contributed by atoms with Gasteiger partial charge in [0.1, 0.15) is 0 Å². The van der Waals surface area contributed by atoms with Gasteiger partial charge in [0, 0.05) is 25.0 Å². The van der Waals surface area contributed by atoms with E-state index in [9.17, 15) is 0 Å². The molecule has 21 heavy (non-hydrogen) atoms. The predicted octanol–water partition coefficient (Wildman–Crippen LogP) is 4.29. The average molecular weight is 310 g/mol. The highest BCUT2D eigenvalue weighted by Gasteiger charge is 2.29. The molecule has 1 N–H and O–H groups in total. The van der Waals surface area contributed by atoms with E-state index in [-0.39, 0.29) is 0 Å². The minimum absolute atomic E-state index is 0.534. The van der Waals surface area contributed by atoms with Crippen molar-refractivity contribution in [3.8, 4) is 0 Å². The Hall–Kier alpha value is -0.610. The third-order valence-corrected chi connectivity index (χ3v) is 5.54. The number of hydrogen-bond acceptors (Lipinski definition) is 4. The first-order valence-corrected chi connectivity index (χ1v) is 9.13. The Balaban J connectivity index is 1.86. The number of aromatic nitrogens is 1. The molecule has 0 aliphatic heterocycles. The lowest BCUT2D eigenvalue weighted by Crippen LogP contribution is -2.37. The number of hydrogen-bond donors (Lipinski definition) is 1. The summed E-state index contributed by atoms with van der Waals surface area (Å²) in [6.07, 6.45) is 5.25. The first-order valence-electron chi connectivity index (χ1n) is 8.25. The van der Waals surface area contributed by atoms with Crippen LogP contribution >= 0.6 is 11.3 Å². The van der Waals surface area contributed by atoms with Crippen molar-refractivity contribution in [2.24, 2.45) is 11.3 Å². The van der Waals surface area contributed by atoms with E-state index in [1.54, 1.807) is 11.3 Å². The van der Waals surface area contributed by atoms with Gasteiger partial charge in [-0.2, -0.15) is 0 Å². The number of rotatable bonds is 6. The van der Waals surface area contributed by atoms with Gasteiger partial charge in [0.25, 0.3) is 0 Å². The molecule has 2 rings (SSSR count). The Labute approximate surface area is 134 Å². The molecule has 0 bridgehead atoms. The molecule has 0 amide bonds. The monoisotopic (exact) mass is 309 g/mol. The molecular formula is C17H31N3S. The van der Waals surface area contributed by atoms with E-state index in [2.05, 4.69) is 50.3 Å². The molecule has 1 fully saturated rings. The summed E-state index contributed by atoms with van der Waals surface area (Å²) in [7, 11) is 2.22. The summed E-state index contributed by atoms with van der Waals surface area (Å²) in [6.45, 7) is 11.2. The van der Waals surface area contributed by atoms with Gasteiger partial charge in [-0.15, -0.1) is 11.3 Å². The Kier molecular flexibility index (Phi) is 5.67. The largest absolute Gasteiger partial charge is 0.348 e. The van der Waals surface area contributed by atoms with Crippen molar-refractivity contribution >= 4 is 16.5 Å². The smallest absolute Gasteiger partial charge is 0.185 e. The minimum Gasteiger partial charge on any atom is -0.348 e. The molecule has 1 aliphatic carbocycles.